The van der Waals surface area contributed by atoms with Gasteiger partial charge in [0.1, 0.15) is 23.1 Å². The van der Waals surface area contributed by atoms with Crippen LogP contribution in [0.15, 0.2) is 42.5 Å². The van der Waals surface area contributed by atoms with Gasteiger partial charge >= 0.3 is 0 Å². The summed E-state index contributed by atoms with van der Waals surface area (Å²) in [5.74, 6) is 1.82. The van der Waals surface area contributed by atoms with Gasteiger partial charge in [0.05, 0.1) is 7.11 Å². The molecule has 0 radical (unpaired) electrons. The summed E-state index contributed by atoms with van der Waals surface area (Å²) in [6, 6.07) is 11.7. The maximum absolute atomic E-state index is 13.1. The molecule has 0 bridgehead atoms. The Balaban J connectivity index is 2.22. The number of hydrogen-bond donors (Lipinski definition) is 0. The molecule has 0 heterocycles. The Hall–Kier alpha value is -1.55. The van der Waals surface area contributed by atoms with E-state index in [0.717, 1.165) is 11.3 Å². The molecule has 2 aromatic carbocycles. The smallest absolute Gasteiger partial charge is 0.131 e. The molecule has 0 aliphatic rings. The molecule has 0 aromatic heterocycles. The number of ether oxygens (including phenoxy) is 2. The molecule has 0 unspecified atom stereocenters. The lowest BCUT2D eigenvalue weighted by atomic mass is 10.2. The third kappa shape index (κ3) is 3.01. The van der Waals surface area contributed by atoms with Crippen LogP contribution < -0.4 is 9.47 Å². The molecule has 2 nitrogen and oxygen atoms in total. The fourth-order valence-corrected chi connectivity index (χ4v) is 1.96. The quantitative estimate of drug-likeness (QED) is 0.773. The Kier molecular flexibility index (Phi) is 4.20. The average molecular weight is 311 g/mol. The normalized spacial score (nSPS) is 10.2. The molecule has 94 valence electrons. The standard InChI is InChI=1S/C14H12BrFO2/c1-17-12-3-5-13(6-4-12)18-14-7-2-11(16)8-10(14)9-15/h2-8H,9H2,1H3. The highest BCUT2D eigenvalue weighted by Gasteiger charge is 2.05. The third-order valence-corrected chi connectivity index (χ3v) is 3.06. The van der Waals surface area contributed by atoms with Crippen molar-refractivity contribution in [3.8, 4) is 17.2 Å². The number of alkyl halides is 1. The van der Waals surface area contributed by atoms with Gasteiger partial charge in [0.2, 0.25) is 0 Å². The van der Waals surface area contributed by atoms with Crippen LogP contribution in [-0.2, 0) is 5.33 Å². The van der Waals surface area contributed by atoms with E-state index in [1.165, 1.54) is 12.1 Å². The molecule has 0 aliphatic carbocycles. The number of rotatable bonds is 4. The Morgan fingerprint density at radius 3 is 2.33 bits per heavy atom. The minimum atomic E-state index is -0.272. The molecule has 0 fully saturated rings. The van der Waals surface area contributed by atoms with Gasteiger partial charge in [0.15, 0.2) is 0 Å². The van der Waals surface area contributed by atoms with Gasteiger partial charge in [0, 0.05) is 10.9 Å². The lowest BCUT2D eigenvalue weighted by Crippen LogP contribution is -1.91. The number of hydrogen-bond acceptors (Lipinski definition) is 2. The molecule has 4 heteroatoms. The molecule has 0 spiro atoms. The van der Waals surface area contributed by atoms with E-state index in [9.17, 15) is 4.39 Å². The number of methoxy groups -OCH3 is 1. The second kappa shape index (κ2) is 5.87. The molecular formula is C14H12BrFO2. The highest BCUT2D eigenvalue weighted by molar-refractivity contribution is 9.08. The summed E-state index contributed by atoms with van der Waals surface area (Å²) in [6.07, 6.45) is 0. The molecule has 2 aromatic rings. The topological polar surface area (TPSA) is 18.5 Å². The Labute approximate surface area is 113 Å². The maximum Gasteiger partial charge on any atom is 0.131 e. The molecule has 0 amide bonds. The minimum Gasteiger partial charge on any atom is -0.497 e. The van der Waals surface area contributed by atoms with Crippen LogP contribution in [0.1, 0.15) is 5.56 Å². The van der Waals surface area contributed by atoms with E-state index in [2.05, 4.69) is 15.9 Å². The van der Waals surface area contributed by atoms with Gasteiger partial charge in [-0.15, -0.1) is 0 Å². The molecule has 0 saturated heterocycles. The largest absolute Gasteiger partial charge is 0.497 e. The minimum absolute atomic E-state index is 0.272. The van der Waals surface area contributed by atoms with E-state index in [1.54, 1.807) is 25.3 Å². The second-order valence-corrected chi connectivity index (χ2v) is 4.22. The zero-order chi connectivity index (χ0) is 13.0. The molecule has 0 N–H and O–H groups in total. The fraction of sp³-hybridized carbons (Fsp3) is 0.143. The summed E-state index contributed by atoms with van der Waals surface area (Å²) in [7, 11) is 1.61. The first-order chi connectivity index (χ1) is 8.72. The van der Waals surface area contributed by atoms with Crippen LogP contribution >= 0.6 is 15.9 Å². The van der Waals surface area contributed by atoms with Gasteiger partial charge in [-0.1, -0.05) is 15.9 Å². The SMILES string of the molecule is COc1ccc(Oc2ccc(F)cc2CBr)cc1. The van der Waals surface area contributed by atoms with Crippen molar-refractivity contribution in [1.29, 1.82) is 0 Å². The highest BCUT2D eigenvalue weighted by atomic mass is 79.9. The third-order valence-electron chi connectivity index (χ3n) is 2.45. The molecule has 0 aliphatic heterocycles. The van der Waals surface area contributed by atoms with Crippen molar-refractivity contribution in [1.82, 2.24) is 0 Å². The summed E-state index contributed by atoms with van der Waals surface area (Å²) in [6.45, 7) is 0. The van der Waals surface area contributed by atoms with E-state index in [-0.39, 0.29) is 5.82 Å². The monoisotopic (exact) mass is 310 g/mol. The predicted octanol–water partition coefficient (Wildman–Crippen LogP) is 4.52. The van der Waals surface area contributed by atoms with Gasteiger partial charge in [-0.05, 0) is 42.5 Å². The van der Waals surface area contributed by atoms with E-state index in [1.807, 2.05) is 12.1 Å². The second-order valence-electron chi connectivity index (χ2n) is 3.66. The fourth-order valence-electron chi connectivity index (χ4n) is 1.52. The maximum atomic E-state index is 13.1. The highest BCUT2D eigenvalue weighted by Crippen LogP contribution is 2.28. The molecule has 18 heavy (non-hydrogen) atoms. The Bertz CT molecular complexity index is 526. The van der Waals surface area contributed by atoms with Crippen molar-refractivity contribution >= 4 is 15.9 Å². The van der Waals surface area contributed by atoms with Crippen LogP contribution in [0.25, 0.3) is 0 Å². The first-order valence-corrected chi connectivity index (χ1v) is 6.51. The zero-order valence-corrected chi connectivity index (χ0v) is 11.4. The molecule has 2 rings (SSSR count). The summed E-state index contributed by atoms with van der Waals surface area (Å²) >= 11 is 3.31. The van der Waals surface area contributed by atoms with Crippen LogP contribution in [0.2, 0.25) is 0 Å². The van der Waals surface area contributed by atoms with Crippen LogP contribution in [-0.4, -0.2) is 7.11 Å². The number of benzene rings is 2. The van der Waals surface area contributed by atoms with E-state index < -0.39 is 0 Å². The molecule has 0 atom stereocenters. The van der Waals surface area contributed by atoms with Crippen LogP contribution in [0.5, 0.6) is 17.2 Å². The lowest BCUT2D eigenvalue weighted by Gasteiger charge is -2.10. The van der Waals surface area contributed by atoms with Crippen molar-refractivity contribution in [3.05, 3.63) is 53.8 Å². The van der Waals surface area contributed by atoms with Gasteiger partial charge in [-0.25, -0.2) is 4.39 Å². The summed E-state index contributed by atoms with van der Waals surface area (Å²) in [5, 5.41) is 0.538. The van der Waals surface area contributed by atoms with Gasteiger partial charge < -0.3 is 9.47 Å². The van der Waals surface area contributed by atoms with Crippen molar-refractivity contribution in [2.24, 2.45) is 0 Å². The first kappa shape index (κ1) is 12.9. The molecule has 0 saturated carbocycles. The summed E-state index contributed by atoms with van der Waals surface area (Å²) < 4.78 is 23.8. The van der Waals surface area contributed by atoms with Crippen molar-refractivity contribution in [2.45, 2.75) is 5.33 Å². The Morgan fingerprint density at radius 2 is 1.72 bits per heavy atom. The Morgan fingerprint density at radius 1 is 1.06 bits per heavy atom. The van der Waals surface area contributed by atoms with Crippen LogP contribution in [0, 0.1) is 5.82 Å². The van der Waals surface area contributed by atoms with Crippen molar-refractivity contribution in [3.63, 3.8) is 0 Å². The summed E-state index contributed by atoms with van der Waals surface area (Å²) in [5.41, 5.74) is 0.769. The predicted molar refractivity (Wildman–Crippen MR) is 72.1 cm³/mol. The van der Waals surface area contributed by atoms with Gasteiger partial charge in [-0.2, -0.15) is 0 Å². The van der Waals surface area contributed by atoms with Gasteiger partial charge in [0.25, 0.3) is 0 Å². The van der Waals surface area contributed by atoms with Gasteiger partial charge in [-0.3, -0.25) is 0 Å². The van der Waals surface area contributed by atoms with Crippen molar-refractivity contribution < 1.29 is 13.9 Å². The van der Waals surface area contributed by atoms with Crippen LogP contribution in [0.3, 0.4) is 0 Å². The van der Waals surface area contributed by atoms with Crippen LogP contribution in [0.4, 0.5) is 4.39 Å². The van der Waals surface area contributed by atoms with E-state index in [4.69, 9.17) is 9.47 Å². The average Bonchev–Trinajstić information content (AvgIpc) is 2.41. The lowest BCUT2D eigenvalue weighted by molar-refractivity contribution is 0.412. The molecular weight excluding hydrogens is 299 g/mol. The number of halogens is 2. The van der Waals surface area contributed by atoms with E-state index >= 15 is 0 Å². The van der Waals surface area contributed by atoms with E-state index in [0.29, 0.717) is 16.8 Å². The summed E-state index contributed by atoms with van der Waals surface area (Å²) in [4.78, 5) is 0. The zero-order valence-electron chi connectivity index (χ0n) is 9.82. The van der Waals surface area contributed by atoms with Crippen molar-refractivity contribution in [2.75, 3.05) is 7.11 Å². The first-order valence-electron chi connectivity index (χ1n) is 5.39.